The Labute approximate surface area is 117 Å². The van der Waals surface area contributed by atoms with Crippen LogP contribution >= 0.6 is 0 Å². The van der Waals surface area contributed by atoms with Crippen molar-refractivity contribution in [2.75, 3.05) is 20.3 Å². The van der Waals surface area contributed by atoms with Crippen LogP contribution in [0.25, 0.3) is 11.1 Å². The lowest BCUT2D eigenvalue weighted by Crippen LogP contribution is -2.04. The Hall–Kier alpha value is -2.51. The molecule has 0 saturated carbocycles. The van der Waals surface area contributed by atoms with E-state index in [0.717, 1.165) is 16.9 Å². The van der Waals surface area contributed by atoms with Crippen LogP contribution in [-0.4, -0.2) is 25.4 Å². The van der Waals surface area contributed by atoms with E-state index in [1.54, 1.807) is 19.2 Å². The second kappa shape index (κ2) is 6.60. The summed E-state index contributed by atoms with van der Waals surface area (Å²) in [4.78, 5) is 0. The topological polar surface area (TPSA) is 62.5 Å². The standard InChI is InChI=1S/C16H15NO3/c1-19-8-9-20-16-5-3-2-4-14(16)12-6-7-15(18)13(10-12)11-17/h2-7,10,18H,8-9H2,1H3. The van der Waals surface area contributed by atoms with E-state index in [1.807, 2.05) is 30.3 Å². The molecule has 0 atom stereocenters. The number of phenols is 1. The predicted molar refractivity (Wildman–Crippen MR) is 75.6 cm³/mol. The van der Waals surface area contributed by atoms with E-state index in [4.69, 9.17) is 14.7 Å². The van der Waals surface area contributed by atoms with Gasteiger partial charge >= 0.3 is 0 Å². The summed E-state index contributed by atoms with van der Waals surface area (Å²) in [5, 5.41) is 18.5. The lowest BCUT2D eigenvalue weighted by Gasteiger charge is -2.11. The van der Waals surface area contributed by atoms with Crippen LogP contribution in [0.5, 0.6) is 11.5 Å². The number of hydrogen-bond acceptors (Lipinski definition) is 4. The van der Waals surface area contributed by atoms with E-state index in [1.165, 1.54) is 6.07 Å². The van der Waals surface area contributed by atoms with E-state index in [0.29, 0.717) is 13.2 Å². The second-order valence-electron chi connectivity index (χ2n) is 4.18. The van der Waals surface area contributed by atoms with Gasteiger partial charge in [0, 0.05) is 12.7 Å². The van der Waals surface area contributed by atoms with Crippen LogP contribution < -0.4 is 4.74 Å². The summed E-state index contributed by atoms with van der Waals surface area (Å²) >= 11 is 0. The molecule has 2 aromatic rings. The first-order valence-corrected chi connectivity index (χ1v) is 6.20. The molecule has 0 heterocycles. The summed E-state index contributed by atoms with van der Waals surface area (Å²) in [5.41, 5.74) is 1.95. The van der Waals surface area contributed by atoms with Crippen molar-refractivity contribution >= 4 is 0 Å². The van der Waals surface area contributed by atoms with E-state index in [9.17, 15) is 5.11 Å². The molecule has 4 heteroatoms. The number of hydrogen-bond donors (Lipinski definition) is 1. The molecule has 0 aromatic heterocycles. The normalized spacial score (nSPS) is 10.0. The van der Waals surface area contributed by atoms with Crippen molar-refractivity contribution < 1.29 is 14.6 Å². The van der Waals surface area contributed by atoms with Crippen molar-refractivity contribution in [3.05, 3.63) is 48.0 Å². The van der Waals surface area contributed by atoms with Crippen LogP contribution in [0.2, 0.25) is 0 Å². The van der Waals surface area contributed by atoms with Crippen molar-refractivity contribution in [3.63, 3.8) is 0 Å². The highest BCUT2D eigenvalue weighted by atomic mass is 16.5. The summed E-state index contributed by atoms with van der Waals surface area (Å²) in [5.74, 6) is 0.702. The number of aromatic hydroxyl groups is 1. The van der Waals surface area contributed by atoms with Crippen LogP contribution in [-0.2, 0) is 4.74 Å². The van der Waals surface area contributed by atoms with Crippen molar-refractivity contribution in [3.8, 4) is 28.7 Å². The van der Waals surface area contributed by atoms with Gasteiger partial charge in [-0.3, -0.25) is 0 Å². The molecule has 2 rings (SSSR count). The van der Waals surface area contributed by atoms with Gasteiger partial charge in [-0.1, -0.05) is 24.3 Å². The Kier molecular flexibility index (Phi) is 4.59. The monoisotopic (exact) mass is 269 g/mol. The first kappa shape index (κ1) is 13.9. The van der Waals surface area contributed by atoms with Gasteiger partial charge in [0.2, 0.25) is 0 Å². The van der Waals surface area contributed by atoms with Crippen LogP contribution in [0.4, 0.5) is 0 Å². The maximum absolute atomic E-state index is 9.55. The number of para-hydroxylation sites is 1. The molecule has 20 heavy (non-hydrogen) atoms. The van der Waals surface area contributed by atoms with Crippen LogP contribution in [0.15, 0.2) is 42.5 Å². The van der Waals surface area contributed by atoms with Gasteiger partial charge in [-0.2, -0.15) is 5.26 Å². The van der Waals surface area contributed by atoms with Gasteiger partial charge in [-0.15, -0.1) is 0 Å². The number of ether oxygens (including phenoxy) is 2. The SMILES string of the molecule is COCCOc1ccccc1-c1ccc(O)c(C#N)c1. The first-order chi connectivity index (χ1) is 9.76. The minimum absolute atomic E-state index is 0.0194. The van der Waals surface area contributed by atoms with Crippen LogP contribution in [0.1, 0.15) is 5.56 Å². The zero-order chi connectivity index (χ0) is 14.4. The van der Waals surface area contributed by atoms with Gasteiger partial charge in [0.05, 0.1) is 12.2 Å². The van der Waals surface area contributed by atoms with Crippen molar-refractivity contribution in [1.29, 1.82) is 5.26 Å². The fourth-order valence-electron chi connectivity index (χ4n) is 1.86. The van der Waals surface area contributed by atoms with Gasteiger partial charge in [-0.25, -0.2) is 0 Å². The molecule has 0 bridgehead atoms. The van der Waals surface area contributed by atoms with Crippen molar-refractivity contribution in [2.24, 2.45) is 0 Å². The van der Waals surface area contributed by atoms with Crippen molar-refractivity contribution in [2.45, 2.75) is 0 Å². The third kappa shape index (κ3) is 3.08. The zero-order valence-corrected chi connectivity index (χ0v) is 11.2. The summed E-state index contributed by atoms with van der Waals surface area (Å²) in [6.45, 7) is 0.962. The fourth-order valence-corrected chi connectivity index (χ4v) is 1.86. The first-order valence-electron chi connectivity index (χ1n) is 6.20. The molecule has 0 fully saturated rings. The fraction of sp³-hybridized carbons (Fsp3) is 0.188. The molecule has 0 spiro atoms. The molecular formula is C16H15NO3. The summed E-state index contributed by atoms with van der Waals surface area (Å²) in [7, 11) is 1.62. The van der Waals surface area contributed by atoms with Crippen molar-refractivity contribution in [1.82, 2.24) is 0 Å². The predicted octanol–water partition coefficient (Wildman–Crippen LogP) is 2.96. The van der Waals surface area contributed by atoms with Gasteiger partial charge < -0.3 is 14.6 Å². The Bertz CT molecular complexity index is 632. The summed E-state index contributed by atoms with van der Waals surface area (Å²) < 4.78 is 10.6. The largest absolute Gasteiger partial charge is 0.507 e. The molecule has 0 aliphatic rings. The molecule has 102 valence electrons. The molecule has 0 saturated heterocycles. The number of benzene rings is 2. The number of rotatable bonds is 5. The lowest BCUT2D eigenvalue weighted by atomic mass is 10.0. The lowest BCUT2D eigenvalue weighted by molar-refractivity contribution is 0.146. The average molecular weight is 269 g/mol. The van der Waals surface area contributed by atoms with Crippen LogP contribution in [0, 0.1) is 11.3 Å². The van der Waals surface area contributed by atoms with Crippen LogP contribution in [0.3, 0.4) is 0 Å². The van der Waals surface area contributed by atoms with Gasteiger partial charge in [0.15, 0.2) is 0 Å². The van der Waals surface area contributed by atoms with Gasteiger partial charge in [0.1, 0.15) is 24.2 Å². The minimum Gasteiger partial charge on any atom is -0.507 e. The quantitative estimate of drug-likeness (QED) is 0.848. The Morgan fingerprint density at radius 2 is 1.95 bits per heavy atom. The minimum atomic E-state index is -0.0194. The number of nitriles is 1. The molecule has 0 radical (unpaired) electrons. The molecule has 2 aromatic carbocycles. The maximum atomic E-state index is 9.55. The van der Waals surface area contributed by atoms with E-state index >= 15 is 0 Å². The summed E-state index contributed by atoms with van der Waals surface area (Å²) in [6.07, 6.45) is 0. The van der Waals surface area contributed by atoms with Gasteiger partial charge in [-0.05, 0) is 23.8 Å². The molecule has 1 N–H and O–H groups in total. The second-order valence-corrected chi connectivity index (χ2v) is 4.18. The number of methoxy groups -OCH3 is 1. The molecular weight excluding hydrogens is 254 g/mol. The average Bonchev–Trinajstić information content (AvgIpc) is 2.49. The molecule has 4 nitrogen and oxygen atoms in total. The summed E-state index contributed by atoms with van der Waals surface area (Å²) in [6, 6.07) is 14.4. The molecule has 0 aliphatic heterocycles. The third-order valence-corrected chi connectivity index (χ3v) is 2.86. The highest BCUT2D eigenvalue weighted by molar-refractivity contribution is 5.72. The Balaban J connectivity index is 2.35. The molecule has 0 unspecified atom stereocenters. The number of nitrogens with zero attached hydrogens (tertiary/aromatic N) is 1. The molecule has 0 aliphatic carbocycles. The van der Waals surface area contributed by atoms with E-state index in [2.05, 4.69) is 0 Å². The Morgan fingerprint density at radius 1 is 1.15 bits per heavy atom. The highest BCUT2D eigenvalue weighted by Gasteiger charge is 2.08. The number of phenolic OH excluding ortho intramolecular Hbond substituents is 1. The smallest absolute Gasteiger partial charge is 0.133 e. The van der Waals surface area contributed by atoms with E-state index < -0.39 is 0 Å². The maximum Gasteiger partial charge on any atom is 0.133 e. The van der Waals surface area contributed by atoms with E-state index in [-0.39, 0.29) is 11.3 Å². The highest BCUT2D eigenvalue weighted by Crippen LogP contribution is 2.32. The Morgan fingerprint density at radius 3 is 2.70 bits per heavy atom. The van der Waals surface area contributed by atoms with Gasteiger partial charge in [0.25, 0.3) is 0 Å². The zero-order valence-electron chi connectivity index (χ0n) is 11.2. The third-order valence-electron chi connectivity index (χ3n) is 2.86. The molecule has 0 amide bonds.